The molecule has 3 aromatic rings. The summed E-state index contributed by atoms with van der Waals surface area (Å²) in [6, 6.07) is 15.3. The second-order valence-corrected chi connectivity index (χ2v) is 6.09. The molecule has 0 aliphatic heterocycles. The molecule has 1 aromatic heterocycles. The summed E-state index contributed by atoms with van der Waals surface area (Å²) < 4.78 is 9.79. The Morgan fingerprint density at radius 3 is 2.17 bits per heavy atom. The van der Waals surface area contributed by atoms with E-state index in [9.17, 15) is 9.59 Å². The van der Waals surface area contributed by atoms with Crippen LogP contribution in [-0.4, -0.2) is 36.1 Å². The lowest BCUT2D eigenvalue weighted by molar-refractivity contribution is 0.0600. The summed E-state index contributed by atoms with van der Waals surface area (Å²) in [7, 11) is 2.91. The van der Waals surface area contributed by atoms with Crippen molar-refractivity contribution < 1.29 is 19.1 Å². The predicted molar refractivity (Wildman–Crippen MR) is 109 cm³/mol. The Morgan fingerprint density at radius 2 is 1.55 bits per heavy atom. The number of nitrogens with zero attached hydrogens (tertiary/aromatic N) is 2. The summed E-state index contributed by atoms with van der Waals surface area (Å²) in [4.78, 5) is 32.7. The number of hydrogen-bond acceptors (Lipinski definition) is 7. The average molecular weight is 392 g/mol. The fourth-order valence-electron chi connectivity index (χ4n) is 2.55. The zero-order chi connectivity index (χ0) is 20.8. The van der Waals surface area contributed by atoms with Gasteiger partial charge in [0.05, 0.1) is 19.8 Å². The van der Waals surface area contributed by atoms with Gasteiger partial charge in [-0.2, -0.15) is 0 Å². The first-order valence-corrected chi connectivity index (χ1v) is 8.75. The number of aromatic nitrogens is 2. The van der Waals surface area contributed by atoms with Crippen molar-refractivity contribution in [1.29, 1.82) is 0 Å². The quantitative estimate of drug-likeness (QED) is 0.618. The van der Waals surface area contributed by atoms with Gasteiger partial charge in [-0.3, -0.25) is 4.79 Å². The lowest BCUT2D eigenvalue weighted by Crippen LogP contribution is -2.15. The molecular weight excluding hydrogens is 372 g/mol. The Morgan fingerprint density at radius 1 is 0.897 bits per heavy atom. The fourth-order valence-corrected chi connectivity index (χ4v) is 2.55. The highest BCUT2D eigenvalue weighted by molar-refractivity contribution is 6.03. The molecule has 8 heteroatoms. The minimum absolute atomic E-state index is 0.213. The lowest BCUT2D eigenvalue weighted by Gasteiger charge is -2.10. The van der Waals surface area contributed by atoms with Gasteiger partial charge >= 0.3 is 5.97 Å². The fraction of sp³-hybridized carbons (Fsp3) is 0.143. The van der Waals surface area contributed by atoms with Crippen LogP contribution in [0.25, 0.3) is 0 Å². The molecule has 0 aliphatic carbocycles. The van der Waals surface area contributed by atoms with Crippen molar-refractivity contribution in [2.75, 3.05) is 24.9 Å². The van der Waals surface area contributed by atoms with Gasteiger partial charge in [0.1, 0.15) is 11.4 Å². The Kier molecular flexibility index (Phi) is 6.03. The number of benzene rings is 2. The van der Waals surface area contributed by atoms with Gasteiger partial charge < -0.3 is 20.1 Å². The number of hydrogen-bond donors (Lipinski definition) is 2. The molecular formula is C21H20N4O4. The standard InChI is InChI=1S/C21H20N4O4/c1-13-12-18(19(26)23-15-6-4-14(5-7-15)20(27)29-3)25-21(22-13)24-16-8-10-17(28-2)11-9-16/h4-12H,1-3H3,(H,23,26)(H,22,24,25). The van der Waals surface area contributed by atoms with Crippen LogP contribution >= 0.6 is 0 Å². The summed E-state index contributed by atoms with van der Waals surface area (Å²) >= 11 is 0. The van der Waals surface area contributed by atoms with E-state index >= 15 is 0 Å². The van der Waals surface area contributed by atoms with Gasteiger partial charge in [0.2, 0.25) is 5.95 Å². The van der Waals surface area contributed by atoms with E-state index in [0.29, 0.717) is 22.9 Å². The van der Waals surface area contributed by atoms with Crippen molar-refractivity contribution in [3.05, 3.63) is 71.5 Å². The zero-order valence-corrected chi connectivity index (χ0v) is 16.2. The predicted octanol–water partition coefficient (Wildman–Crippen LogP) is 3.58. The minimum atomic E-state index is -0.441. The lowest BCUT2D eigenvalue weighted by atomic mass is 10.2. The van der Waals surface area contributed by atoms with Crippen molar-refractivity contribution in [3.8, 4) is 5.75 Å². The van der Waals surface area contributed by atoms with Crippen LogP contribution in [0.2, 0.25) is 0 Å². The number of carbonyl (C=O) groups is 2. The van der Waals surface area contributed by atoms with Crippen molar-refractivity contribution in [3.63, 3.8) is 0 Å². The van der Waals surface area contributed by atoms with E-state index in [4.69, 9.17) is 4.74 Å². The van der Waals surface area contributed by atoms with Gasteiger partial charge in [-0.05, 0) is 61.5 Å². The van der Waals surface area contributed by atoms with Gasteiger partial charge in [0.15, 0.2) is 0 Å². The first-order valence-electron chi connectivity index (χ1n) is 8.75. The monoisotopic (exact) mass is 392 g/mol. The third kappa shape index (κ3) is 5.07. The van der Waals surface area contributed by atoms with Crippen LogP contribution in [0.4, 0.5) is 17.3 Å². The van der Waals surface area contributed by atoms with Crippen LogP contribution in [-0.2, 0) is 4.74 Å². The van der Waals surface area contributed by atoms with Crippen molar-refractivity contribution in [1.82, 2.24) is 9.97 Å². The molecule has 0 spiro atoms. The van der Waals surface area contributed by atoms with Crippen molar-refractivity contribution in [2.24, 2.45) is 0 Å². The normalized spacial score (nSPS) is 10.2. The first kappa shape index (κ1) is 19.8. The van der Waals surface area contributed by atoms with Crippen LogP contribution < -0.4 is 15.4 Å². The van der Waals surface area contributed by atoms with Crippen molar-refractivity contribution in [2.45, 2.75) is 6.92 Å². The van der Waals surface area contributed by atoms with E-state index in [1.807, 2.05) is 24.3 Å². The van der Waals surface area contributed by atoms with E-state index in [0.717, 1.165) is 11.4 Å². The second-order valence-electron chi connectivity index (χ2n) is 6.09. The SMILES string of the molecule is COC(=O)c1ccc(NC(=O)c2cc(C)nc(Nc3ccc(OC)cc3)n2)cc1. The molecule has 0 saturated heterocycles. The largest absolute Gasteiger partial charge is 0.497 e. The van der Waals surface area contributed by atoms with E-state index in [1.54, 1.807) is 44.4 Å². The number of aryl methyl sites for hydroxylation is 1. The smallest absolute Gasteiger partial charge is 0.337 e. The second kappa shape index (κ2) is 8.83. The van der Waals surface area contributed by atoms with E-state index in [-0.39, 0.29) is 11.6 Å². The molecule has 2 aromatic carbocycles. The molecule has 0 atom stereocenters. The molecule has 148 valence electrons. The summed E-state index contributed by atoms with van der Waals surface area (Å²) in [6.45, 7) is 1.78. The maximum Gasteiger partial charge on any atom is 0.337 e. The van der Waals surface area contributed by atoms with Crippen molar-refractivity contribution >= 4 is 29.2 Å². The Bertz CT molecular complexity index is 1020. The number of nitrogens with one attached hydrogen (secondary N) is 2. The summed E-state index contributed by atoms with van der Waals surface area (Å²) in [5, 5.41) is 5.82. The third-order valence-electron chi connectivity index (χ3n) is 4.00. The van der Waals surface area contributed by atoms with Crippen LogP contribution in [0.1, 0.15) is 26.5 Å². The molecule has 1 amide bonds. The number of amides is 1. The van der Waals surface area contributed by atoms with Gasteiger partial charge in [0, 0.05) is 17.1 Å². The maximum absolute atomic E-state index is 12.6. The van der Waals surface area contributed by atoms with Gasteiger partial charge in [0.25, 0.3) is 5.91 Å². The molecule has 0 fully saturated rings. The minimum Gasteiger partial charge on any atom is -0.497 e. The Balaban J connectivity index is 1.74. The molecule has 0 bridgehead atoms. The number of rotatable bonds is 6. The molecule has 0 aliphatic rings. The number of ether oxygens (including phenoxy) is 2. The molecule has 3 rings (SSSR count). The summed E-state index contributed by atoms with van der Waals surface area (Å²) in [5.74, 6) is 0.211. The van der Waals surface area contributed by atoms with Gasteiger partial charge in [-0.25, -0.2) is 14.8 Å². The number of esters is 1. The molecule has 0 saturated carbocycles. The highest BCUT2D eigenvalue weighted by Crippen LogP contribution is 2.19. The van der Waals surface area contributed by atoms with Crippen LogP contribution in [0.5, 0.6) is 5.75 Å². The molecule has 0 unspecified atom stereocenters. The third-order valence-corrected chi connectivity index (χ3v) is 4.00. The summed E-state index contributed by atoms with van der Waals surface area (Å²) in [5.41, 5.74) is 2.55. The first-order chi connectivity index (χ1) is 14.0. The zero-order valence-electron chi connectivity index (χ0n) is 16.2. The van der Waals surface area contributed by atoms with Crippen LogP contribution in [0.3, 0.4) is 0 Å². The topological polar surface area (TPSA) is 102 Å². The van der Waals surface area contributed by atoms with E-state index < -0.39 is 5.97 Å². The van der Waals surface area contributed by atoms with E-state index in [2.05, 4.69) is 25.3 Å². The number of anilines is 3. The highest BCUT2D eigenvalue weighted by atomic mass is 16.5. The van der Waals surface area contributed by atoms with Crippen LogP contribution in [0, 0.1) is 6.92 Å². The molecule has 8 nitrogen and oxygen atoms in total. The van der Waals surface area contributed by atoms with Gasteiger partial charge in [-0.1, -0.05) is 0 Å². The molecule has 1 heterocycles. The van der Waals surface area contributed by atoms with Gasteiger partial charge in [-0.15, -0.1) is 0 Å². The molecule has 0 radical (unpaired) electrons. The Labute approximate surface area is 167 Å². The average Bonchev–Trinajstić information content (AvgIpc) is 2.74. The molecule has 29 heavy (non-hydrogen) atoms. The molecule has 2 N–H and O–H groups in total. The summed E-state index contributed by atoms with van der Waals surface area (Å²) in [6.07, 6.45) is 0. The number of carbonyl (C=O) groups excluding carboxylic acids is 2. The number of methoxy groups -OCH3 is 2. The van der Waals surface area contributed by atoms with Crippen LogP contribution in [0.15, 0.2) is 54.6 Å². The highest BCUT2D eigenvalue weighted by Gasteiger charge is 2.12. The maximum atomic E-state index is 12.6. The van der Waals surface area contributed by atoms with E-state index in [1.165, 1.54) is 7.11 Å². The Hall–Kier alpha value is -3.94.